The molecule has 4 rings (SSSR count). The van der Waals surface area contributed by atoms with Crippen molar-refractivity contribution in [1.82, 2.24) is 14.9 Å². The fourth-order valence-corrected chi connectivity index (χ4v) is 4.93. The van der Waals surface area contributed by atoms with E-state index in [0.29, 0.717) is 33.7 Å². The highest BCUT2D eigenvalue weighted by Gasteiger charge is 2.28. The quantitative estimate of drug-likeness (QED) is 0.476. The fourth-order valence-electron chi connectivity index (χ4n) is 4.12. The predicted molar refractivity (Wildman–Crippen MR) is 119 cm³/mol. The summed E-state index contributed by atoms with van der Waals surface area (Å²) in [6, 6.07) is 11.1. The van der Waals surface area contributed by atoms with Crippen molar-refractivity contribution >= 4 is 28.6 Å². The number of hydrogen-bond donors (Lipinski definition) is 1. The Bertz CT molecular complexity index is 1080. The van der Waals surface area contributed by atoms with E-state index in [0.717, 1.165) is 12.8 Å². The van der Waals surface area contributed by atoms with Gasteiger partial charge in [0, 0.05) is 6.04 Å². The second kappa shape index (κ2) is 9.08. The Morgan fingerprint density at radius 1 is 1.23 bits per heavy atom. The molecule has 1 fully saturated rings. The van der Waals surface area contributed by atoms with Crippen LogP contribution in [0.3, 0.4) is 0 Å². The number of hydrogen-bond acceptors (Lipinski definition) is 5. The summed E-state index contributed by atoms with van der Waals surface area (Å²) in [6.45, 7) is 4.75. The molecule has 158 valence electrons. The number of nitrogens with one attached hydrogen (secondary N) is 1. The van der Waals surface area contributed by atoms with Gasteiger partial charge in [-0.2, -0.15) is 0 Å². The number of thioether (sulfide) groups is 1. The summed E-state index contributed by atoms with van der Waals surface area (Å²) in [5.74, 6) is 1.98. The van der Waals surface area contributed by atoms with Gasteiger partial charge in [-0.3, -0.25) is 14.2 Å². The molecule has 3 aromatic rings. The lowest BCUT2D eigenvalue weighted by atomic mass is 9.78. The number of rotatable bonds is 6. The molecule has 1 saturated carbocycles. The maximum absolute atomic E-state index is 13.1. The molecule has 1 amide bonds. The van der Waals surface area contributed by atoms with Crippen LogP contribution in [0.2, 0.25) is 0 Å². The molecule has 1 aliphatic rings. The molecule has 0 radical (unpaired) electrons. The van der Waals surface area contributed by atoms with E-state index in [2.05, 4.69) is 24.1 Å². The van der Waals surface area contributed by atoms with Crippen molar-refractivity contribution in [3.8, 4) is 0 Å². The van der Waals surface area contributed by atoms with Gasteiger partial charge in [0.15, 0.2) is 5.16 Å². The Balaban J connectivity index is 1.54. The molecular weight excluding hydrogens is 398 g/mol. The van der Waals surface area contributed by atoms with Crippen LogP contribution in [0.5, 0.6) is 0 Å². The van der Waals surface area contributed by atoms with Gasteiger partial charge in [0.05, 0.1) is 29.5 Å². The Morgan fingerprint density at radius 2 is 2.07 bits per heavy atom. The van der Waals surface area contributed by atoms with Gasteiger partial charge < -0.3 is 9.73 Å². The third-order valence-electron chi connectivity index (χ3n) is 6.11. The minimum Gasteiger partial charge on any atom is -0.467 e. The first kappa shape index (κ1) is 20.7. The van der Waals surface area contributed by atoms with Gasteiger partial charge in [0.25, 0.3) is 5.56 Å². The zero-order valence-corrected chi connectivity index (χ0v) is 18.2. The zero-order chi connectivity index (χ0) is 21.1. The highest BCUT2D eigenvalue weighted by atomic mass is 32.2. The van der Waals surface area contributed by atoms with Crippen LogP contribution in [0.1, 0.15) is 38.9 Å². The molecule has 0 unspecified atom stereocenters. The molecule has 0 spiro atoms. The van der Waals surface area contributed by atoms with Crippen molar-refractivity contribution in [3.63, 3.8) is 0 Å². The van der Waals surface area contributed by atoms with Crippen LogP contribution >= 0.6 is 11.8 Å². The number of amides is 1. The summed E-state index contributed by atoms with van der Waals surface area (Å²) < 4.78 is 7.02. The lowest BCUT2D eigenvalue weighted by Gasteiger charge is -2.34. The van der Waals surface area contributed by atoms with E-state index >= 15 is 0 Å². The maximum Gasteiger partial charge on any atom is 0.262 e. The van der Waals surface area contributed by atoms with Crippen molar-refractivity contribution in [2.45, 2.75) is 50.9 Å². The highest BCUT2D eigenvalue weighted by molar-refractivity contribution is 7.99. The minimum absolute atomic E-state index is 0.0158. The topological polar surface area (TPSA) is 77.1 Å². The molecule has 1 aromatic carbocycles. The Labute approximate surface area is 180 Å². The van der Waals surface area contributed by atoms with E-state index in [-0.39, 0.29) is 29.8 Å². The normalized spacial score (nSPS) is 21.6. The van der Waals surface area contributed by atoms with Gasteiger partial charge >= 0.3 is 0 Å². The van der Waals surface area contributed by atoms with Crippen molar-refractivity contribution in [1.29, 1.82) is 0 Å². The fraction of sp³-hybridized carbons (Fsp3) is 0.435. The van der Waals surface area contributed by atoms with Gasteiger partial charge in [-0.15, -0.1) is 0 Å². The van der Waals surface area contributed by atoms with E-state index in [4.69, 9.17) is 4.42 Å². The minimum atomic E-state index is -0.130. The summed E-state index contributed by atoms with van der Waals surface area (Å²) in [6.07, 6.45) is 4.99. The second-order valence-corrected chi connectivity index (χ2v) is 9.05. The van der Waals surface area contributed by atoms with Gasteiger partial charge in [0.1, 0.15) is 5.76 Å². The lowest BCUT2D eigenvalue weighted by molar-refractivity contribution is -0.120. The SMILES string of the molecule is C[C@H]1[C@@H](NC(=O)CSc2nc3ccccc3c(=O)n2Cc2ccco2)CCC[C@@H]1C. The van der Waals surface area contributed by atoms with E-state index in [1.807, 2.05) is 24.3 Å². The van der Waals surface area contributed by atoms with E-state index in [1.165, 1.54) is 18.2 Å². The first-order chi connectivity index (χ1) is 14.5. The first-order valence-corrected chi connectivity index (χ1v) is 11.5. The Morgan fingerprint density at radius 3 is 2.87 bits per heavy atom. The zero-order valence-electron chi connectivity index (χ0n) is 17.3. The molecule has 1 N–H and O–H groups in total. The molecule has 0 saturated heterocycles. The number of carbonyl (C=O) groups excluding carboxylic acids is 1. The summed E-state index contributed by atoms with van der Waals surface area (Å²) in [5, 5.41) is 4.27. The molecule has 7 heteroatoms. The van der Waals surface area contributed by atoms with Crippen LogP contribution in [0.4, 0.5) is 0 Å². The third kappa shape index (κ3) is 4.46. The molecule has 2 heterocycles. The number of aromatic nitrogens is 2. The van der Waals surface area contributed by atoms with Crippen molar-refractivity contribution in [2.24, 2.45) is 11.8 Å². The summed E-state index contributed by atoms with van der Waals surface area (Å²) in [4.78, 5) is 30.4. The van der Waals surface area contributed by atoms with Gasteiger partial charge in [-0.05, 0) is 42.5 Å². The molecule has 30 heavy (non-hydrogen) atoms. The van der Waals surface area contributed by atoms with E-state index in [9.17, 15) is 9.59 Å². The standard InChI is InChI=1S/C23H27N3O3S/c1-15-7-5-11-19(16(15)2)24-21(27)14-30-23-25-20-10-4-3-9-18(20)22(28)26(23)13-17-8-6-12-29-17/h3-4,6,8-10,12,15-16,19H,5,7,11,13-14H2,1-2H3,(H,24,27)/t15-,16+,19-/m0/s1. The van der Waals surface area contributed by atoms with Gasteiger partial charge in [-0.25, -0.2) is 4.98 Å². The Kier molecular flexibility index (Phi) is 6.27. The highest BCUT2D eigenvalue weighted by Crippen LogP contribution is 2.29. The number of benzene rings is 1. The number of nitrogens with zero attached hydrogens (tertiary/aromatic N) is 2. The molecule has 0 bridgehead atoms. The second-order valence-electron chi connectivity index (χ2n) is 8.11. The summed E-state index contributed by atoms with van der Waals surface area (Å²) in [7, 11) is 0. The number of para-hydroxylation sites is 1. The maximum atomic E-state index is 13.1. The number of fused-ring (bicyclic) bond motifs is 1. The lowest BCUT2D eigenvalue weighted by Crippen LogP contribution is -2.44. The summed E-state index contributed by atoms with van der Waals surface area (Å²) >= 11 is 1.29. The van der Waals surface area contributed by atoms with Crippen LogP contribution in [-0.2, 0) is 11.3 Å². The van der Waals surface area contributed by atoms with Crippen LogP contribution < -0.4 is 10.9 Å². The van der Waals surface area contributed by atoms with Crippen LogP contribution in [0.15, 0.2) is 57.0 Å². The number of carbonyl (C=O) groups is 1. The molecule has 3 atom stereocenters. The van der Waals surface area contributed by atoms with Gasteiger partial charge in [0.2, 0.25) is 5.91 Å². The smallest absolute Gasteiger partial charge is 0.262 e. The van der Waals surface area contributed by atoms with Crippen molar-refractivity contribution < 1.29 is 9.21 Å². The number of furan rings is 1. The van der Waals surface area contributed by atoms with E-state index in [1.54, 1.807) is 23.0 Å². The molecule has 0 aliphatic heterocycles. The average molecular weight is 426 g/mol. The Hall–Kier alpha value is -2.54. The van der Waals surface area contributed by atoms with Crippen LogP contribution in [0, 0.1) is 11.8 Å². The largest absolute Gasteiger partial charge is 0.467 e. The first-order valence-electron chi connectivity index (χ1n) is 10.5. The summed E-state index contributed by atoms with van der Waals surface area (Å²) in [5.41, 5.74) is 0.505. The van der Waals surface area contributed by atoms with Crippen LogP contribution in [0.25, 0.3) is 10.9 Å². The monoisotopic (exact) mass is 425 g/mol. The van der Waals surface area contributed by atoms with Gasteiger partial charge in [-0.1, -0.05) is 50.6 Å². The predicted octanol–water partition coefficient (Wildman–Crippen LogP) is 4.07. The molecule has 6 nitrogen and oxygen atoms in total. The molecular formula is C23H27N3O3S. The average Bonchev–Trinajstić information content (AvgIpc) is 3.25. The van der Waals surface area contributed by atoms with E-state index < -0.39 is 0 Å². The van der Waals surface area contributed by atoms with Crippen molar-refractivity contribution in [3.05, 3.63) is 58.8 Å². The molecule has 1 aliphatic carbocycles. The van der Waals surface area contributed by atoms with Crippen LogP contribution in [-0.4, -0.2) is 27.3 Å². The molecule has 2 aromatic heterocycles. The third-order valence-corrected chi connectivity index (χ3v) is 7.08. The van der Waals surface area contributed by atoms with Crippen molar-refractivity contribution in [2.75, 3.05) is 5.75 Å².